The molecule has 10 heavy (non-hydrogen) atoms. The molecule has 1 nitrogen and oxygen atoms in total. The lowest BCUT2D eigenvalue weighted by Crippen LogP contribution is -2.67. The van der Waals surface area contributed by atoms with Gasteiger partial charge in [-0.05, 0) is 31.2 Å². The third-order valence-corrected chi connectivity index (χ3v) is 2.83. The molecule has 3 aliphatic rings. The van der Waals surface area contributed by atoms with E-state index in [1.54, 1.807) is 0 Å². The maximum atomic E-state index is 12.9. The van der Waals surface area contributed by atoms with Gasteiger partial charge in [0.1, 0.15) is 5.67 Å². The molecule has 0 aromatic heterocycles. The molecule has 58 valence electrons. The maximum absolute atomic E-state index is 12.9. The molecular weight excluding hydrogens is 129 g/mol. The number of nitrogens with one attached hydrogen (secondary N) is 1. The molecule has 0 spiro atoms. The Balaban J connectivity index is 1.77. The van der Waals surface area contributed by atoms with Crippen molar-refractivity contribution in [2.24, 2.45) is 5.41 Å². The fraction of sp³-hybridized carbons (Fsp3) is 1.00. The predicted molar refractivity (Wildman–Crippen MR) is 38.7 cm³/mol. The topological polar surface area (TPSA) is 12.0 Å². The predicted octanol–water partition coefficient (Wildman–Crippen LogP) is 1.49. The Morgan fingerprint density at radius 3 is 2.40 bits per heavy atom. The molecule has 3 aliphatic carbocycles. The van der Waals surface area contributed by atoms with Gasteiger partial charge in [-0.15, -0.1) is 0 Å². The van der Waals surface area contributed by atoms with Gasteiger partial charge in [-0.25, -0.2) is 4.39 Å². The molecule has 3 rings (SSSR count). The highest BCUT2D eigenvalue weighted by molar-refractivity contribution is 5.19. The lowest BCUT2D eigenvalue weighted by Gasteiger charge is -2.66. The third-order valence-electron chi connectivity index (χ3n) is 2.83. The highest BCUT2D eigenvalue weighted by Crippen LogP contribution is 2.68. The monoisotopic (exact) mass is 143 g/mol. The lowest BCUT2D eigenvalue weighted by molar-refractivity contribution is -0.209. The van der Waals surface area contributed by atoms with Crippen LogP contribution in [-0.4, -0.2) is 18.8 Å². The molecule has 0 aromatic rings. The van der Waals surface area contributed by atoms with Crippen LogP contribution in [0.25, 0.3) is 0 Å². The third kappa shape index (κ3) is 0.715. The average Bonchev–Trinajstić information content (AvgIpc) is 1.75. The summed E-state index contributed by atoms with van der Waals surface area (Å²) >= 11 is 0. The van der Waals surface area contributed by atoms with Gasteiger partial charge in [0.05, 0.1) is 0 Å². The average molecular weight is 143 g/mol. The van der Waals surface area contributed by atoms with Crippen molar-refractivity contribution in [2.45, 2.75) is 31.9 Å². The first-order valence-electron chi connectivity index (χ1n) is 4.08. The van der Waals surface area contributed by atoms with Crippen LogP contribution in [0.5, 0.6) is 0 Å². The minimum atomic E-state index is -0.713. The second-order valence-electron chi connectivity index (χ2n) is 3.96. The zero-order valence-electron chi connectivity index (χ0n) is 6.41. The minimum Gasteiger partial charge on any atom is -0.316 e. The van der Waals surface area contributed by atoms with E-state index in [2.05, 4.69) is 12.2 Å². The Morgan fingerprint density at radius 1 is 1.40 bits per heavy atom. The van der Waals surface area contributed by atoms with Crippen LogP contribution in [0.15, 0.2) is 0 Å². The van der Waals surface area contributed by atoms with Crippen molar-refractivity contribution in [3.05, 3.63) is 0 Å². The summed E-state index contributed by atoms with van der Waals surface area (Å²) in [7, 11) is 0. The van der Waals surface area contributed by atoms with E-state index in [9.17, 15) is 4.39 Å². The quantitative estimate of drug-likeness (QED) is 0.631. The molecule has 0 aromatic carbocycles. The van der Waals surface area contributed by atoms with E-state index < -0.39 is 5.67 Å². The van der Waals surface area contributed by atoms with Crippen molar-refractivity contribution in [2.75, 3.05) is 13.1 Å². The Kier molecular flexibility index (Phi) is 1.14. The van der Waals surface area contributed by atoms with Crippen LogP contribution in [0, 0.1) is 5.41 Å². The highest BCUT2D eigenvalue weighted by Gasteiger charge is 2.68. The summed E-state index contributed by atoms with van der Waals surface area (Å²) < 4.78 is 12.9. The van der Waals surface area contributed by atoms with Crippen molar-refractivity contribution >= 4 is 0 Å². The van der Waals surface area contributed by atoms with E-state index in [4.69, 9.17) is 0 Å². The van der Waals surface area contributed by atoms with Crippen LogP contribution < -0.4 is 5.32 Å². The minimum absolute atomic E-state index is 0.394. The van der Waals surface area contributed by atoms with Crippen LogP contribution in [0.1, 0.15) is 26.2 Å². The van der Waals surface area contributed by atoms with Gasteiger partial charge in [-0.1, -0.05) is 6.92 Å². The van der Waals surface area contributed by atoms with E-state index in [-0.39, 0.29) is 0 Å². The summed E-state index contributed by atoms with van der Waals surface area (Å²) in [5.41, 5.74) is -0.319. The molecule has 0 heterocycles. The second kappa shape index (κ2) is 1.73. The molecule has 0 atom stereocenters. The van der Waals surface area contributed by atoms with E-state index >= 15 is 0 Å². The van der Waals surface area contributed by atoms with Crippen molar-refractivity contribution in [1.82, 2.24) is 5.32 Å². The Morgan fingerprint density at radius 2 is 2.00 bits per heavy atom. The van der Waals surface area contributed by atoms with Gasteiger partial charge in [-0.3, -0.25) is 0 Å². The molecule has 1 N–H and O–H groups in total. The highest BCUT2D eigenvalue weighted by atomic mass is 19.1. The van der Waals surface area contributed by atoms with Crippen molar-refractivity contribution in [3.63, 3.8) is 0 Å². The number of hydrogen-bond donors (Lipinski definition) is 1. The van der Waals surface area contributed by atoms with Gasteiger partial charge in [-0.2, -0.15) is 0 Å². The Hall–Kier alpha value is -0.110. The molecule has 0 saturated heterocycles. The molecule has 2 bridgehead atoms. The van der Waals surface area contributed by atoms with Gasteiger partial charge >= 0.3 is 0 Å². The maximum Gasteiger partial charge on any atom is 0.112 e. The van der Waals surface area contributed by atoms with Crippen LogP contribution in [0.3, 0.4) is 0 Å². The summed E-state index contributed by atoms with van der Waals surface area (Å²) in [6.07, 6.45) is 2.48. The number of halogens is 1. The van der Waals surface area contributed by atoms with Crippen LogP contribution in [-0.2, 0) is 0 Å². The first kappa shape index (κ1) is 6.59. The van der Waals surface area contributed by atoms with Crippen LogP contribution in [0.2, 0.25) is 0 Å². The molecule has 0 aliphatic heterocycles. The Bertz CT molecular complexity index is 136. The first-order chi connectivity index (χ1) is 4.68. The summed E-state index contributed by atoms with van der Waals surface area (Å²) in [5.74, 6) is 0. The molecule has 2 heteroatoms. The summed E-state index contributed by atoms with van der Waals surface area (Å²) in [6, 6.07) is 0. The summed E-state index contributed by atoms with van der Waals surface area (Å²) in [4.78, 5) is 0. The molecule has 0 unspecified atom stereocenters. The lowest BCUT2D eigenvalue weighted by atomic mass is 9.42. The van der Waals surface area contributed by atoms with Crippen molar-refractivity contribution in [3.8, 4) is 0 Å². The largest absolute Gasteiger partial charge is 0.316 e. The van der Waals surface area contributed by atoms with Crippen molar-refractivity contribution in [1.29, 1.82) is 0 Å². The van der Waals surface area contributed by atoms with Gasteiger partial charge < -0.3 is 5.32 Å². The smallest absolute Gasteiger partial charge is 0.112 e. The van der Waals surface area contributed by atoms with E-state index in [1.807, 2.05) is 0 Å². The molecule has 0 radical (unpaired) electrons. The van der Waals surface area contributed by atoms with E-state index in [0.29, 0.717) is 5.41 Å². The zero-order valence-corrected chi connectivity index (χ0v) is 6.41. The Labute approximate surface area is 61.0 Å². The zero-order chi connectivity index (χ0) is 7.24. The first-order valence-corrected chi connectivity index (χ1v) is 4.08. The van der Waals surface area contributed by atoms with Gasteiger partial charge in [0.25, 0.3) is 0 Å². The van der Waals surface area contributed by atoms with Crippen LogP contribution >= 0.6 is 0 Å². The summed E-state index contributed by atoms with van der Waals surface area (Å²) in [5, 5.41) is 3.28. The molecule has 0 amide bonds. The van der Waals surface area contributed by atoms with E-state index in [1.165, 1.54) is 0 Å². The van der Waals surface area contributed by atoms with Gasteiger partial charge in [0.2, 0.25) is 0 Å². The second-order valence-corrected chi connectivity index (χ2v) is 3.96. The normalized spacial score (nSPS) is 49.8. The molecular formula is C8H14FN. The number of hydrogen-bond acceptors (Lipinski definition) is 1. The van der Waals surface area contributed by atoms with E-state index in [0.717, 1.165) is 32.4 Å². The van der Waals surface area contributed by atoms with Crippen LogP contribution in [0.4, 0.5) is 4.39 Å². The number of rotatable bonds is 3. The van der Waals surface area contributed by atoms with Gasteiger partial charge in [0, 0.05) is 6.54 Å². The standard InChI is InChI=1S/C8H14FN/c1-2-10-6-7-3-8(9,4-7)5-7/h10H,2-6H2,1H3. The van der Waals surface area contributed by atoms with Gasteiger partial charge in [0.15, 0.2) is 0 Å². The fourth-order valence-electron chi connectivity index (χ4n) is 2.44. The molecule has 3 fully saturated rings. The summed E-state index contributed by atoms with van der Waals surface area (Å²) in [6.45, 7) is 4.15. The fourth-order valence-corrected chi connectivity index (χ4v) is 2.44. The number of alkyl halides is 1. The molecule has 3 saturated carbocycles. The van der Waals surface area contributed by atoms with Crippen molar-refractivity contribution < 1.29 is 4.39 Å². The SMILES string of the molecule is CCNCC12CC(F)(C1)C2.